The van der Waals surface area contributed by atoms with E-state index in [4.69, 9.17) is 9.47 Å². The molecule has 1 aliphatic carbocycles. The molecule has 0 saturated carbocycles. The van der Waals surface area contributed by atoms with Gasteiger partial charge in [0, 0.05) is 12.0 Å². The van der Waals surface area contributed by atoms with Crippen molar-refractivity contribution in [2.75, 3.05) is 27.8 Å². The van der Waals surface area contributed by atoms with Gasteiger partial charge in [0.05, 0.1) is 14.2 Å². The molecule has 1 aromatic rings. The Bertz CT molecular complexity index is 403. The molecule has 0 radical (unpaired) electrons. The first-order valence-corrected chi connectivity index (χ1v) is 5.54. The van der Waals surface area contributed by atoms with E-state index in [1.165, 1.54) is 11.1 Å². The predicted molar refractivity (Wildman–Crippen MR) is 64.5 cm³/mol. The maximum atomic E-state index is 5.33. The van der Waals surface area contributed by atoms with Crippen LogP contribution in [0.1, 0.15) is 18.1 Å². The lowest BCUT2D eigenvalue weighted by atomic mass is 9.65. The van der Waals surface area contributed by atoms with E-state index >= 15 is 0 Å². The maximum Gasteiger partial charge on any atom is 0.161 e. The zero-order chi connectivity index (χ0) is 11.8. The Morgan fingerprint density at radius 3 is 2.44 bits per heavy atom. The van der Waals surface area contributed by atoms with Crippen LogP contribution in [0.2, 0.25) is 0 Å². The number of methoxy groups -OCH3 is 2. The summed E-state index contributed by atoms with van der Waals surface area (Å²) in [5.74, 6) is 1.65. The normalized spacial score (nSPS) is 22.2. The lowest BCUT2D eigenvalue weighted by Gasteiger charge is -2.41. The van der Waals surface area contributed by atoms with E-state index in [-0.39, 0.29) is 5.41 Å². The Balaban J connectivity index is 2.38. The molecule has 0 amide bonds. The van der Waals surface area contributed by atoms with E-state index in [0.29, 0.717) is 0 Å². The molecule has 1 aromatic carbocycles. The molecule has 88 valence electrons. The van der Waals surface area contributed by atoms with Crippen molar-refractivity contribution in [3.8, 4) is 11.5 Å². The predicted octanol–water partition coefficient (Wildman–Crippen LogP) is 1.74. The van der Waals surface area contributed by atoms with Crippen LogP contribution in [0, 0.1) is 0 Å². The third kappa shape index (κ3) is 1.55. The Morgan fingerprint density at radius 1 is 1.25 bits per heavy atom. The van der Waals surface area contributed by atoms with Crippen LogP contribution < -0.4 is 14.8 Å². The summed E-state index contributed by atoms with van der Waals surface area (Å²) in [5.41, 5.74) is 2.98. The first-order valence-electron chi connectivity index (χ1n) is 5.54. The van der Waals surface area contributed by atoms with Crippen LogP contribution in [0.5, 0.6) is 11.5 Å². The van der Waals surface area contributed by atoms with Crippen molar-refractivity contribution < 1.29 is 9.47 Å². The minimum absolute atomic E-state index is 0.240. The second-order valence-electron chi connectivity index (χ2n) is 4.63. The maximum absolute atomic E-state index is 5.33. The fourth-order valence-corrected chi connectivity index (χ4v) is 2.59. The number of ether oxygens (including phenoxy) is 2. The van der Waals surface area contributed by atoms with Crippen LogP contribution in [0.15, 0.2) is 12.1 Å². The van der Waals surface area contributed by atoms with Gasteiger partial charge in [-0.2, -0.15) is 0 Å². The fraction of sp³-hybridized carbons (Fsp3) is 0.538. The average Bonchev–Trinajstić information content (AvgIpc) is 2.27. The SMILES string of the molecule is CNCC1(C)Cc2cc(OC)c(OC)cc21. The molecule has 16 heavy (non-hydrogen) atoms. The summed E-state index contributed by atoms with van der Waals surface area (Å²) in [6.45, 7) is 3.27. The second-order valence-corrected chi connectivity index (χ2v) is 4.63. The minimum atomic E-state index is 0.240. The number of hydrogen-bond acceptors (Lipinski definition) is 3. The molecule has 0 aliphatic heterocycles. The minimum Gasteiger partial charge on any atom is -0.493 e. The van der Waals surface area contributed by atoms with E-state index in [0.717, 1.165) is 24.5 Å². The smallest absolute Gasteiger partial charge is 0.161 e. The van der Waals surface area contributed by atoms with E-state index < -0.39 is 0 Å². The summed E-state index contributed by atoms with van der Waals surface area (Å²) in [5, 5.41) is 3.25. The van der Waals surface area contributed by atoms with Gasteiger partial charge in [0.25, 0.3) is 0 Å². The number of benzene rings is 1. The Morgan fingerprint density at radius 2 is 1.88 bits per heavy atom. The number of nitrogens with one attached hydrogen (secondary N) is 1. The molecule has 1 atom stereocenters. The molecule has 1 aliphatic rings. The van der Waals surface area contributed by atoms with E-state index in [1.54, 1.807) is 14.2 Å². The van der Waals surface area contributed by atoms with Crippen molar-refractivity contribution in [1.29, 1.82) is 0 Å². The lowest BCUT2D eigenvalue weighted by Crippen LogP contribution is -2.43. The van der Waals surface area contributed by atoms with Gasteiger partial charge in [0.1, 0.15) is 0 Å². The van der Waals surface area contributed by atoms with E-state index in [1.807, 2.05) is 7.05 Å². The zero-order valence-electron chi connectivity index (χ0n) is 10.4. The van der Waals surface area contributed by atoms with Crippen molar-refractivity contribution in [3.63, 3.8) is 0 Å². The molecule has 0 spiro atoms. The van der Waals surface area contributed by atoms with Gasteiger partial charge >= 0.3 is 0 Å². The highest BCUT2D eigenvalue weighted by molar-refractivity contribution is 5.55. The van der Waals surface area contributed by atoms with Crippen LogP contribution in [0.3, 0.4) is 0 Å². The molecule has 3 heteroatoms. The average molecular weight is 221 g/mol. The van der Waals surface area contributed by atoms with Crippen LogP contribution in [-0.2, 0) is 11.8 Å². The van der Waals surface area contributed by atoms with Gasteiger partial charge in [0.2, 0.25) is 0 Å². The molecule has 1 N–H and O–H groups in total. The molecule has 0 aromatic heterocycles. The monoisotopic (exact) mass is 221 g/mol. The molecule has 2 rings (SSSR count). The molecular weight excluding hydrogens is 202 g/mol. The van der Waals surface area contributed by atoms with Crippen molar-refractivity contribution >= 4 is 0 Å². The third-order valence-electron chi connectivity index (χ3n) is 3.41. The van der Waals surface area contributed by atoms with Crippen LogP contribution in [0.25, 0.3) is 0 Å². The quantitative estimate of drug-likeness (QED) is 0.840. The van der Waals surface area contributed by atoms with Gasteiger partial charge in [0.15, 0.2) is 11.5 Å². The number of hydrogen-bond donors (Lipinski definition) is 1. The summed E-state index contributed by atoms with van der Waals surface area (Å²) in [6, 6.07) is 4.20. The van der Waals surface area contributed by atoms with Crippen molar-refractivity contribution in [1.82, 2.24) is 5.32 Å². The zero-order valence-corrected chi connectivity index (χ0v) is 10.4. The molecule has 3 nitrogen and oxygen atoms in total. The van der Waals surface area contributed by atoms with Gasteiger partial charge < -0.3 is 14.8 Å². The summed E-state index contributed by atoms with van der Waals surface area (Å²) < 4.78 is 10.6. The molecule has 0 heterocycles. The van der Waals surface area contributed by atoms with Gasteiger partial charge in [-0.05, 0) is 36.7 Å². The summed E-state index contributed by atoms with van der Waals surface area (Å²) >= 11 is 0. The number of rotatable bonds is 4. The van der Waals surface area contributed by atoms with Gasteiger partial charge in [-0.25, -0.2) is 0 Å². The van der Waals surface area contributed by atoms with E-state index in [9.17, 15) is 0 Å². The van der Waals surface area contributed by atoms with Crippen molar-refractivity contribution in [2.45, 2.75) is 18.8 Å². The molecule has 0 bridgehead atoms. The third-order valence-corrected chi connectivity index (χ3v) is 3.41. The molecule has 1 unspecified atom stereocenters. The first kappa shape index (κ1) is 11.3. The van der Waals surface area contributed by atoms with E-state index in [2.05, 4.69) is 24.4 Å². The van der Waals surface area contributed by atoms with Crippen LogP contribution >= 0.6 is 0 Å². The van der Waals surface area contributed by atoms with Crippen LogP contribution in [-0.4, -0.2) is 27.8 Å². The fourth-order valence-electron chi connectivity index (χ4n) is 2.59. The molecular formula is C13H19NO2. The highest BCUT2D eigenvalue weighted by atomic mass is 16.5. The Hall–Kier alpha value is -1.22. The van der Waals surface area contributed by atoms with Crippen molar-refractivity contribution in [2.24, 2.45) is 0 Å². The summed E-state index contributed by atoms with van der Waals surface area (Å²) in [4.78, 5) is 0. The Labute approximate surface area is 96.8 Å². The molecule has 0 fully saturated rings. The van der Waals surface area contributed by atoms with Crippen LogP contribution in [0.4, 0.5) is 0 Å². The second kappa shape index (κ2) is 3.98. The number of likely N-dealkylation sites (N-methyl/N-ethyl adjacent to an activating group) is 1. The highest BCUT2D eigenvalue weighted by Crippen LogP contribution is 2.45. The summed E-state index contributed by atoms with van der Waals surface area (Å²) in [7, 11) is 5.35. The first-order chi connectivity index (χ1) is 7.64. The number of fused-ring (bicyclic) bond motifs is 1. The van der Waals surface area contributed by atoms with Gasteiger partial charge in [-0.1, -0.05) is 6.92 Å². The largest absolute Gasteiger partial charge is 0.493 e. The summed E-state index contributed by atoms with van der Waals surface area (Å²) in [6.07, 6.45) is 1.10. The standard InChI is InChI=1S/C13H19NO2/c1-13(8-14-2)7-9-5-11(15-3)12(16-4)6-10(9)13/h5-6,14H,7-8H2,1-4H3. The molecule has 0 saturated heterocycles. The highest BCUT2D eigenvalue weighted by Gasteiger charge is 2.38. The van der Waals surface area contributed by atoms with Gasteiger partial charge in [-0.15, -0.1) is 0 Å². The lowest BCUT2D eigenvalue weighted by molar-refractivity contribution is 0.342. The topological polar surface area (TPSA) is 30.5 Å². The van der Waals surface area contributed by atoms with Gasteiger partial charge in [-0.3, -0.25) is 0 Å². The van der Waals surface area contributed by atoms with Crippen molar-refractivity contribution in [3.05, 3.63) is 23.3 Å². The Kier molecular flexibility index (Phi) is 2.80.